The van der Waals surface area contributed by atoms with E-state index in [9.17, 15) is 4.39 Å². The molecule has 0 atom stereocenters. The fourth-order valence-electron chi connectivity index (χ4n) is 4.34. The Labute approximate surface area is 211 Å². The lowest BCUT2D eigenvalue weighted by Gasteiger charge is -2.10. The largest absolute Gasteiger partial charge is 0.497 e. The highest BCUT2D eigenvalue weighted by atomic mass is 19.1. The minimum atomic E-state index is -0.307. The first-order valence-corrected chi connectivity index (χ1v) is 11.9. The van der Waals surface area contributed by atoms with Gasteiger partial charge in [0.2, 0.25) is 11.7 Å². The van der Waals surface area contributed by atoms with E-state index >= 15 is 0 Å². The van der Waals surface area contributed by atoms with Gasteiger partial charge in [-0.2, -0.15) is 4.98 Å². The maximum Gasteiger partial charge on any atom is 0.229 e. The standard InChI is InChI=1S/C26H24FN7O3/c1-15(2)26-29-24(32-37-26)23-21-11-33-22(13-36-12-16-6-4-5-7-19(16)27)30-31-25(33)18-10-17(35-3)8-9-20(18)34(21)14-28-23/h4-10,14-15H,11-13H2,1-3H3. The molecule has 11 heteroatoms. The summed E-state index contributed by atoms with van der Waals surface area (Å²) in [7, 11) is 1.62. The molecule has 0 spiro atoms. The molecule has 0 bridgehead atoms. The van der Waals surface area contributed by atoms with Gasteiger partial charge in [-0.1, -0.05) is 37.2 Å². The first kappa shape index (κ1) is 23.0. The van der Waals surface area contributed by atoms with Gasteiger partial charge in [0.15, 0.2) is 11.6 Å². The summed E-state index contributed by atoms with van der Waals surface area (Å²) in [5.41, 5.74) is 3.62. The zero-order chi connectivity index (χ0) is 25.5. The van der Waals surface area contributed by atoms with E-state index in [1.54, 1.807) is 31.6 Å². The van der Waals surface area contributed by atoms with Crippen LogP contribution >= 0.6 is 0 Å². The predicted molar refractivity (Wildman–Crippen MR) is 131 cm³/mol. The summed E-state index contributed by atoms with van der Waals surface area (Å²) in [5, 5.41) is 13.1. The van der Waals surface area contributed by atoms with Crippen molar-refractivity contribution in [3.8, 4) is 34.3 Å². The third kappa shape index (κ3) is 4.06. The van der Waals surface area contributed by atoms with Crippen molar-refractivity contribution in [1.82, 2.24) is 34.5 Å². The molecule has 1 aliphatic heterocycles. The maximum atomic E-state index is 14.1. The van der Waals surface area contributed by atoms with E-state index in [1.807, 2.05) is 41.2 Å². The molecule has 10 nitrogen and oxygen atoms in total. The summed E-state index contributed by atoms with van der Waals surface area (Å²) >= 11 is 0. The normalized spacial score (nSPS) is 12.2. The van der Waals surface area contributed by atoms with E-state index in [2.05, 4.69) is 25.3 Å². The van der Waals surface area contributed by atoms with Crippen molar-refractivity contribution >= 4 is 0 Å². The molecule has 0 saturated heterocycles. The number of rotatable bonds is 7. The molecule has 0 radical (unpaired) electrons. The Morgan fingerprint density at radius 1 is 1.11 bits per heavy atom. The Hall–Kier alpha value is -4.38. The number of hydrogen-bond donors (Lipinski definition) is 0. The predicted octanol–water partition coefficient (Wildman–Crippen LogP) is 4.53. The Morgan fingerprint density at radius 2 is 1.97 bits per heavy atom. The molecule has 2 aromatic carbocycles. The average Bonchev–Trinajstić information content (AvgIpc) is 3.63. The number of nitrogens with zero attached hydrogens (tertiary/aromatic N) is 7. The molecule has 1 aliphatic rings. The van der Waals surface area contributed by atoms with Crippen LogP contribution in [0.15, 0.2) is 53.3 Å². The summed E-state index contributed by atoms with van der Waals surface area (Å²) in [6.45, 7) is 4.63. The lowest BCUT2D eigenvalue weighted by molar-refractivity contribution is 0.0972. The average molecular weight is 502 g/mol. The van der Waals surface area contributed by atoms with Crippen LogP contribution in [0.2, 0.25) is 0 Å². The highest BCUT2D eigenvalue weighted by Crippen LogP contribution is 2.36. The molecular formula is C26H24FN7O3. The molecule has 37 heavy (non-hydrogen) atoms. The highest BCUT2D eigenvalue weighted by Gasteiger charge is 2.28. The van der Waals surface area contributed by atoms with Crippen LogP contribution < -0.4 is 4.74 Å². The number of halogens is 1. The van der Waals surface area contributed by atoms with Gasteiger partial charge in [-0.15, -0.1) is 10.2 Å². The van der Waals surface area contributed by atoms with Gasteiger partial charge in [-0.3, -0.25) is 4.57 Å². The van der Waals surface area contributed by atoms with Gasteiger partial charge >= 0.3 is 0 Å². The van der Waals surface area contributed by atoms with Crippen LogP contribution in [0.25, 0.3) is 28.6 Å². The molecule has 0 amide bonds. The Balaban J connectivity index is 1.41. The lowest BCUT2D eigenvalue weighted by Crippen LogP contribution is -2.10. The molecule has 5 aromatic rings. The van der Waals surface area contributed by atoms with Crippen molar-refractivity contribution in [2.24, 2.45) is 0 Å². The van der Waals surface area contributed by atoms with E-state index in [0.717, 1.165) is 16.9 Å². The van der Waals surface area contributed by atoms with Crippen molar-refractivity contribution in [3.05, 3.63) is 77.6 Å². The lowest BCUT2D eigenvalue weighted by atomic mass is 10.1. The van der Waals surface area contributed by atoms with Gasteiger partial charge in [0.05, 0.1) is 31.6 Å². The van der Waals surface area contributed by atoms with Crippen molar-refractivity contribution < 1.29 is 18.4 Å². The zero-order valence-corrected chi connectivity index (χ0v) is 20.6. The SMILES string of the molecule is COc1ccc2c(c1)-c1nnc(COCc3ccccc3F)n1Cc1c(-c3noc(C(C)C)n3)ncn1-2. The third-order valence-electron chi connectivity index (χ3n) is 6.30. The van der Waals surface area contributed by atoms with Crippen LogP contribution in [0.4, 0.5) is 4.39 Å². The molecule has 0 saturated carbocycles. The van der Waals surface area contributed by atoms with Crippen molar-refractivity contribution in [1.29, 1.82) is 0 Å². The molecule has 0 N–H and O–H groups in total. The van der Waals surface area contributed by atoms with Crippen LogP contribution in [0.3, 0.4) is 0 Å². The van der Waals surface area contributed by atoms with Gasteiger partial charge in [0.1, 0.15) is 30.2 Å². The van der Waals surface area contributed by atoms with Gasteiger partial charge < -0.3 is 18.6 Å². The first-order valence-electron chi connectivity index (χ1n) is 11.9. The van der Waals surface area contributed by atoms with Gasteiger partial charge in [-0.05, 0) is 24.3 Å². The van der Waals surface area contributed by atoms with E-state index in [-0.39, 0.29) is 24.9 Å². The molecule has 4 heterocycles. The fourth-order valence-corrected chi connectivity index (χ4v) is 4.34. The second-order valence-corrected chi connectivity index (χ2v) is 9.01. The van der Waals surface area contributed by atoms with Gasteiger partial charge in [0, 0.05) is 17.0 Å². The quantitative estimate of drug-likeness (QED) is 0.314. The molecule has 188 valence electrons. The topological polar surface area (TPSA) is 106 Å². The number of aromatic nitrogens is 7. The van der Waals surface area contributed by atoms with E-state index in [1.165, 1.54) is 6.07 Å². The van der Waals surface area contributed by atoms with Crippen LogP contribution in [-0.4, -0.2) is 41.6 Å². The number of fused-ring (bicyclic) bond motifs is 5. The number of methoxy groups -OCH3 is 1. The summed E-state index contributed by atoms with van der Waals surface area (Å²) in [6.07, 6.45) is 1.75. The Kier molecular flexibility index (Phi) is 5.76. The number of ether oxygens (including phenoxy) is 2. The molecule has 0 unspecified atom stereocenters. The van der Waals surface area contributed by atoms with E-state index < -0.39 is 0 Å². The fraction of sp³-hybridized carbons (Fsp3) is 0.269. The monoisotopic (exact) mass is 501 g/mol. The van der Waals surface area contributed by atoms with Crippen molar-refractivity contribution in [2.45, 2.75) is 39.5 Å². The highest BCUT2D eigenvalue weighted by molar-refractivity contribution is 5.72. The van der Waals surface area contributed by atoms with Crippen molar-refractivity contribution in [2.75, 3.05) is 7.11 Å². The number of imidazole rings is 1. The summed E-state index contributed by atoms with van der Waals surface area (Å²) in [5.74, 6) is 2.69. The smallest absolute Gasteiger partial charge is 0.229 e. The van der Waals surface area contributed by atoms with Crippen LogP contribution in [0.1, 0.15) is 42.7 Å². The molecule has 3 aromatic heterocycles. The third-order valence-corrected chi connectivity index (χ3v) is 6.30. The minimum absolute atomic E-state index is 0.0957. The second kappa shape index (κ2) is 9.25. The first-order chi connectivity index (χ1) is 18.0. The van der Waals surface area contributed by atoms with Crippen molar-refractivity contribution in [3.63, 3.8) is 0 Å². The van der Waals surface area contributed by atoms with E-state index in [4.69, 9.17) is 14.0 Å². The van der Waals surface area contributed by atoms with Gasteiger partial charge in [0.25, 0.3) is 0 Å². The van der Waals surface area contributed by atoms with E-state index in [0.29, 0.717) is 46.9 Å². The number of benzene rings is 2. The Bertz CT molecular complexity index is 1590. The molecule has 6 rings (SSSR count). The van der Waals surface area contributed by atoms with Gasteiger partial charge in [-0.25, -0.2) is 9.37 Å². The molecular weight excluding hydrogens is 477 g/mol. The zero-order valence-electron chi connectivity index (χ0n) is 20.6. The minimum Gasteiger partial charge on any atom is -0.497 e. The van der Waals surface area contributed by atoms with Crippen LogP contribution in [0, 0.1) is 5.82 Å². The number of hydrogen-bond acceptors (Lipinski definition) is 8. The summed E-state index contributed by atoms with van der Waals surface area (Å²) in [6, 6.07) is 12.3. The summed E-state index contributed by atoms with van der Waals surface area (Å²) in [4.78, 5) is 9.20. The summed E-state index contributed by atoms with van der Waals surface area (Å²) < 4.78 is 34.8. The molecule has 0 aliphatic carbocycles. The maximum absolute atomic E-state index is 14.1. The second-order valence-electron chi connectivity index (χ2n) is 9.01. The molecule has 0 fully saturated rings. The van der Waals surface area contributed by atoms with Crippen LogP contribution in [-0.2, 0) is 24.5 Å². The Morgan fingerprint density at radius 3 is 2.76 bits per heavy atom. The van der Waals surface area contributed by atoms with Crippen LogP contribution in [0.5, 0.6) is 5.75 Å².